The first-order valence-corrected chi connectivity index (χ1v) is 7.15. The summed E-state index contributed by atoms with van der Waals surface area (Å²) in [5.41, 5.74) is 1.19. The Morgan fingerprint density at radius 3 is 2.13 bits per heavy atom. The molecule has 6 heteroatoms. The Morgan fingerprint density at radius 1 is 1.04 bits per heavy atom. The van der Waals surface area contributed by atoms with Crippen LogP contribution in [0.4, 0.5) is 4.39 Å². The van der Waals surface area contributed by atoms with E-state index < -0.39 is 24.0 Å². The van der Waals surface area contributed by atoms with E-state index in [-0.39, 0.29) is 17.7 Å². The molecule has 2 amide bonds. The molecule has 1 aliphatic rings. The van der Waals surface area contributed by atoms with Gasteiger partial charge in [0.15, 0.2) is 0 Å². The van der Waals surface area contributed by atoms with Crippen LogP contribution in [-0.2, 0) is 20.3 Å². The molecule has 0 atom stereocenters. The van der Waals surface area contributed by atoms with Gasteiger partial charge >= 0.3 is 0 Å². The fourth-order valence-electron chi connectivity index (χ4n) is 2.77. The van der Waals surface area contributed by atoms with Gasteiger partial charge in [0.1, 0.15) is 6.67 Å². The number of benzene rings is 1. The molecule has 1 aromatic heterocycles. The fourth-order valence-corrected chi connectivity index (χ4v) is 2.77. The minimum absolute atomic E-state index is 0.134. The van der Waals surface area contributed by atoms with Gasteiger partial charge in [-0.3, -0.25) is 19.3 Å². The Labute approximate surface area is 132 Å². The van der Waals surface area contributed by atoms with Crippen molar-refractivity contribution in [2.45, 2.75) is 20.1 Å². The molecule has 0 saturated carbocycles. The Kier molecular flexibility index (Phi) is 3.60. The van der Waals surface area contributed by atoms with Gasteiger partial charge in [-0.15, -0.1) is 0 Å². The van der Waals surface area contributed by atoms with E-state index in [9.17, 15) is 18.8 Å². The lowest BCUT2D eigenvalue weighted by Crippen LogP contribution is -2.34. The number of hydrogen-bond donors (Lipinski definition) is 0. The van der Waals surface area contributed by atoms with Crippen molar-refractivity contribution in [2.24, 2.45) is 7.05 Å². The number of aromatic nitrogens is 1. The lowest BCUT2D eigenvalue weighted by molar-refractivity contribution is 0.0641. The molecule has 3 rings (SSSR count). The van der Waals surface area contributed by atoms with E-state index in [1.165, 1.54) is 4.57 Å². The normalized spacial score (nSPS) is 13.6. The summed E-state index contributed by atoms with van der Waals surface area (Å²) in [4.78, 5) is 38.1. The molecule has 0 bridgehead atoms. The molecular formula is C17H15FN2O3. The first kappa shape index (κ1) is 15.1. The van der Waals surface area contributed by atoms with Crippen LogP contribution in [0.5, 0.6) is 0 Å². The average molecular weight is 314 g/mol. The maximum Gasteiger partial charge on any atom is 0.261 e. The zero-order chi connectivity index (χ0) is 16.7. The molecule has 1 aromatic carbocycles. The van der Waals surface area contributed by atoms with Crippen molar-refractivity contribution in [1.29, 1.82) is 0 Å². The second-order valence-corrected chi connectivity index (χ2v) is 5.53. The molecule has 0 fully saturated rings. The highest BCUT2D eigenvalue weighted by Gasteiger charge is 2.36. The predicted molar refractivity (Wildman–Crippen MR) is 81.9 cm³/mol. The van der Waals surface area contributed by atoms with Gasteiger partial charge < -0.3 is 4.57 Å². The summed E-state index contributed by atoms with van der Waals surface area (Å²) in [6, 6.07) is 8.05. The lowest BCUT2D eigenvalue weighted by Gasteiger charge is -2.17. The molecule has 0 aliphatic carbocycles. The Hall–Kier alpha value is -2.76. The highest BCUT2D eigenvalue weighted by Crippen LogP contribution is 2.24. The number of halogens is 1. The largest absolute Gasteiger partial charge is 0.316 e. The van der Waals surface area contributed by atoms with Crippen LogP contribution in [0.3, 0.4) is 0 Å². The van der Waals surface area contributed by atoms with Crippen molar-refractivity contribution in [3.63, 3.8) is 0 Å². The monoisotopic (exact) mass is 314 g/mol. The number of aryl methyl sites for hydroxylation is 1. The molecule has 0 radical (unpaired) electrons. The summed E-state index contributed by atoms with van der Waals surface area (Å²) < 4.78 is 14.7. The topological polar surface area (TPSA) is 59.4 Å². The lowest BCUT2D eigenvalue weighted by atomic mass is 10.1. The summed E-state index contributed by atoms with van der Waals surface area (Å²) in [7, 11) is 1.57. The smallest absolute Gasteiger partial charge is 0.261 e. The van der Waals surface area contributed by atoms with E-state index in [1.54, 1.807) is 44.3 Å². The molecule has 118 valence electrons. The molecular weight excluding hydrogens is 299 g/mol. The highest BCUT2D eigenvalue weighted by molar-refractivity contribution is 6.21. The second kappa shape index (κ2) is 5.46. The van der Waals surface area contributed by atoms with Gasteiger partial charge in [-0.1, -0.05) is 12.1 Å². The number of amides is 2. The fraction of sp³-hybridized carbons (Fsp3) is 0.235. The average Bonchev–Trinajstić information content (AvgIpc) is 2.80. The predicted octanol–water partition coefficient (Wildman–Crippen LogP) is 1.96. The van der Waals surface area contributed by atoms with Crippen molar-refractivity contribution in [2.75, 3.05) is 0 Å². The maximum atomic E-state index is 13.3. The minimum atomic E-state index is -0.824. The van der Waals surface area contributed by atoms with Crippen LogP contribution in [0, 0.1) is 6.92 Å². The quantitative estimate of drug-likeness (QED) is 0.814. The van der Waals surface area contributed by atoms with Crippen LogP contribution >= 0.6 is 0 Å². The Balaban J connectivity index is 2.05. The van der Waals surface area contributed by atoms with Gasteiger partial charge in [-0.25, -0.2) is 4.39 Å². The van der Waals surface area contributed by atoms with E-state index >= 15 is 0 Å². The summed E-state index contributed by atoms with van der Waals surface area (Å²) >= 11 is 0. The number of alkyl halides is 1. The standard InChI is InChI=1S/C17H15FN2O3/c1-10-7-11(8-18)14(15(21)19(10)2)9-20-16(22)12-5-3-4-6-13(12)17(20)23/h3-7H,8-9H2,1-2H3. The maximum absolute atomic E-state index is 13.3. The minimum Gasteiger partial charge on any atom is -0.316 e. The van der Waals surface area contributed by atoms with Gasteiger partial charge in [-0.2, -0.15) is 0 Å². The van der Waals surface area contributed by atoms with E-state index in [2.05, 4.69) is 0 Å². The van der Waals surface area contributed by atoms with Gasteiger partial charge in [0.05, 0.1) is 17.7 Å². The van der Waals surface area contributed by atoms with Crippen LogP contribution in [0.25, 0.3) is 0 Å². The SMILES string of the molecule is Cc1cc(CF)c(CN2C(=O)c3ccccc3C2=O)c(=O)n1C. The van der Waals surface area contributed by atoms with Crippen molar-refractivity contribution < 1.29 is 14.0 Å². The summed E-state index contributed by atoms with van der Waals surface area (Å²) in [6.45, 7) is 0.653. The number of fused-ring (bicyclic) bond motifs is 1. The van der Waals surface area contributed by atoms with E-state index in [0.29, 0.717) is 16.8 Å². The number of hydrogen-bond acceptors (Lipinski definition) is 3. The Morgan fingerprint density at radius 2 is 1.61 bits per heavy atom. The van der Waals surface area contributed by atoms with Gasteiger partial charge in [0, 0.05) is 18.3 Å². The molecule has 0 unspecified atom stereocenters. The molecule has 2 heterocycles. The van der Waals surface area contributed by atoms with Crippen LogP contribution in [-0.4, -0.2) is 21.3 Å². The number of imide groups is 1. The van der Waals surface area contributed by atoms with Gasteiger partial charge in [0.25, 0.3) is 17.4 Å². The van der Waals surface area contributed by atoms with E-state index in [4.69, 9.17) is 0 Å². The number of rotatable bonds is 3. The summed E-state index contributed by atoms with van der Waals surface area (Å²) in [5.74, 6) is -0.920. The van der Waals surface area contributed by atoms with Crippen LogP contribution in [0.2, 0.25) is 0 Å². The molecule has 2 aromatic rings. The number of nitrogens with zero attached hydrogens (tertiary/aromatic N) is 2. The van der Waals surface area contributed by atoms with Crippen LogP contribution < -0.4 is 5.56 Å². The third-order valence-electron chi connectivity index (χ3n) is 4.20. The van der Waals surface area contributed by atoms with Crippen molar-refractivity contribution in [1.82, 2.24) is 9.47 Å². The van der Waals surface area contributed by atoms with Crippen molar-refractivity contribution in [3.05, 3.63) is 68.6 Å². The number of carbonyl (C=O) groups is 2. The van der Waals surface area contributed by atoms with E-state index in [0.717, 1.165) is 4.90 Å². The molecule has 0 spiro atoms. The second-order valence-electron chi connectivity index (χ2n) is 5.53. The van der Waals surface area contributed by atoms with Gasteiger partial charge in [0.2, 0.25) is 0 Å². The van der Waals surface area contributed by atoms with E-state index in [1.807, 2.05) is 0 Å². The summed E-state index contributed by atoms with van der Waals surface area (Å²) in [6.07, 6.45) is 0. The molecule has 0 N–H and O–H groups in total. The number of pyridine rings is 1. The number of carbonyl (C=O) groups excluding carboxylic acids is 2. The zero-order valence-electron chi connectivity index (χ0n) is 12.8. The summed E-state index contributed by atoms with van der Waals surface area (Å²) in [5, 5.41) is 0. The van der Waals surface area contributed by atoms with Gasteiger partial charge in [-0.05, 0) is 30.7 Å². The molecule has 23 heavy (non-hydrogen) atoms. The molecule has 0 saturated heterocycles. The third kappa shape index (κ3) is 2.27. The Bertz CT molecular complexity index is 851. The van der Waals surface area contributed by atoms with Crippen molar-refractivity contribution in [3.8, 4) is 0 Å². The zero-order valence-corrected chi connectivity index (χ0v) is 12.8. The first-order chi connectivity index (χ1) is 11.0. The molecule has 5 nitrogen and oxygen atoms in total. The van der Waals surface area contributed by atoms with Crippen LogP contribution in [0.15, 0.2) is 35.1 Å². The first-order valence-electron chi connectivity index (χ1n) is 7.15. The highest BCUT2D eigenvalue weighted by atomic mass is 19.1. The van der Waals surface area contributed by atoms with Crippen LogP contribution in [0.1, 0.15) is 37.5 Å². The van der Waals surface area contributed by atoms with Crippen molar-refractivity contribution >= 4 is 11.8 Å². The third-order valence-corrected chi connectivity index (χ3v) is 4.20. The molecule has 1 aliphatic heterocycles.